The monoisotopic (exact) mass is 374 g/mol. The molecular formula is C18H22N4O3S. The molecule has 0 spiro atoms. The largest absolute Gasteiger partial charge is 0.375 e. The number of hydrogen-bond acceptors (Lipinski definition) is 5. The van der Waals surface area contributed by atoms with Gasteiger partial charge in [0.2, 0.25) is 0 Å². The number of aromatic nitrogens is 3. The summed E-state index contributed by atoms with van der Waals surface area (Å²) >= 11 is 1.44. The number of pyridine rings is 1. The standard InChI is InChI=1S/C18H22N4O3S/c1-10-20-15-13(14(26-10)12-5-4-7-19-16(12)23)17(24)21-22(15)11-6-8-25-18(2,3)9-11/h4-5,7,11,14H,6,8-9H2,1-3H3,(H,19,23)(H,21,24)/t11-,14+/m0/s1. The zero-order valence-electron chi connectivity index (χ0n) is 15.0. The Kier molecular flexibility index (Phi) is 4.19. The number of hydrogen-bond donors (Lipinski definition) is 2. The molecule has 4 heterocycles. The lowest BCUT2D eigenvalue weighted by molar-refractivity contribution is -0.0705. The van der Waals surface area contributed by atoms with E-state index >= 15 is 0 Å². The third-order valence-electron chi connectivity index (χ3n) is 4.92. The number of fused-ring (bicyclic) bond motifs is 1. The molecule has 2 aliphatic heterocycles. The van der Waals surface area contributed by atoms with Crippen molar-refractivity contribution in [3.63, 3.8) is 0 Å². The fourth-order valence-corrected chi connectivity index (χ4v) is 4.88. The van der Waals surface area contributed by atoms with Gasteiger partial charge in [-0.15, -0.1) is 0 Å². The Bertz CT molecular complexity index is 985. The van der Waals surface area contributed by atoms with Crippen molar-refractivity contribution in [2.45, 2.75) is 50.5 Å². The van der Waals surface area contributed by atoms with Gasteiger partial charge < -0.3 is 9.72 Å². The number of nitrogens with one attached hydrogen (secondary N) is 2. The molecule has 2 aromatic heterocycles. The average Bonchev–Trinajstić information content (AvgIpc) is 2.90. The SMILES string of the molecule is CC1=Nc2c(c(=O)[nH]n2[C@H]2CCOC(C)(C)C2)[C@@H](c2ccc[nH]c2=O)S1. The van der Waals surface area contributed by atoms with Gasteiger partial charge in [-0.2, -0.15) is 0 Å². The Morgan fingerprint density at radius 2 is 2.15 bits per heavy atom. The molecule has 0 radical (unpaired) electrons. The number of aliphatic imine (C=N–C) groups is 1. The minimum atomic E-state index is -0.356. The molecule has 0 aliphatic carbocycles. The molecule has 2 atom stereocenters. The fourth-order valence-electron chi connectivity index (χ4n) is 3.75. The Morgan fingerprint density at radius 3 is 2.88 bits per heavy atom. The Hall–Kier alpha value is -2.06. The maximum atomic E-state index is 12.8. The van der Waals surface area contributed by atoms with Crippen LogP contribution in [-0.4, -0.2) is 32.0 Å². The smallest absolute Gasteiger partial charge is 0.271 e. The van der Waals surface area contributed by atoms with Gasteiger partial charge in [0, 0.05) is 18.4 Å². The first kappa shape index (κ1) is 17.4. The van der Waals surface area contributed by atoms with Crippen LogP contribution in [0.2, 0.25) is 0 Å². The van der Waals surface area contributed by atoms with Gasteiger partial charge in [0.1, 0.15) is 0 Å². The molecular weight excluding hydrogens is 352 g/mol. The predicted molar refractivity (Wildman–Crippen MR) is 103 cm³/mol. The lowest BCUT2D eigenvalue weighted by Crippen LogP contribution is -2.35. The van der Waals surface area contributed by atoms with Gasteiger partial charge in [-0.25, -0.2) is 4.99 Å². The lowest BCUT2D eigenvalue weighted by Gasteiger charge is -2.36. The summed E-state index contributed by atoms with van der Waals surface area (Å²) in [6.07, 6.45) is 3.21. The first-order valence-electron chi connectivity index (χ1n) is 8.73. The van der Waals surface area contributed by atoms with Crippen molar-refractivity contribution in [3.05, 3.63) is 50.2 Å². The third-order valence-corrected chi connectivity index (χ3v) is 6.07. The van der Waals surface area contributed by atoms with Crippen molar-refractivity contribution in [1.29, 1.82) is 0 Å². The summed E-state index contributed by atoms with van der Waals surface area (Å²) in [5.41, 5.74) is 0.534. The van der Waals surface area contributed by atoms with Crippen molar-refractivity contribution in [2.24, 2.45) is 4.99 Å². The summed E-state index contributed by atoms with van der Waals surface area (Å²) in [5.74, 6) is 0.641. The van der Waals surface area contributed by atoms with E-state index in [9.17, 15) is 9.59 Å². The number of H-pyrrole nitrogens is 2. The zero-order chi connectivity index (χ0) is 18.5. The summed E-state index contributed by atoms with van der Waals surface area (Å²) in [7, 11) is 0. The maximum Gasteiger partial charge on any atom is 0.271 e. The number of thioether (sulfide) groups is 1. The number of nitrogens with zero attached hydrogens (tertiary/aromatic N) is 2. The molecule has 0 saturated carbocycles. The van der Waals surface area contributed by atoms with E-state index in [-0.39, 0.29) is 28.0 Å². The average molecular weight is 374 g/mol. The van der Waals surface area contributed by atoms with Gasteiger partial charge in [0.05, 0.1) is 27.5 Å². The molecule has 7 nitrogen and oxygen atoms in total. The van der Waals surface area contributed by atoms with Crippen molar-refractivity contribution < 1.29 is 4.74 Å². The molecule has 26 heavy (non-hydrogen) atoms. The van der Waals surface area contributed by atoms with E-state index in [1.807, 2.05) is 11.6 Å². The van der Waals surface area contributed by atoms with Gasteiger partial charge >= 0.3 is 0 Å². The Labute approximate surface area is 154 Å². The second-order valence-electron chi connectivity index (χ2n) is 7.39. The Balaban J connectivity index is 1.83. The van der Waals surface area contributed by atoms with Crippen LogP contribution in [0.5, 0.6) is 0 Å². The van der Waals surface area contributed by atoms with Gasteiger partial charge in [0.15, 0.2) is 5.82 Å². The highest BCUT2D eigenvalue weighted by Gasteiger charge is 2.36. The minimum Gasteiger partial charge on any atom is -0.375 e. The van der Waals surface area contributed by atoms with E-state index in [0.29, 0.717) is 23.6 Å². The molecule has 2 aliphatic rings. The van der Waals surface area contributed by atoms with Crippen LogP contribution in [0, 0.1) is 0 Å². The van der Waals surface area contributed by atoms with Crippen LogP contribution in [0.4, 0.5) is 5.82 Å². The zero-order valence-corrected chi connectivity index (χ0v) is 15.9. The van der Waals surface area contributed by atoms with Crippen LogP contribution >= 0.6 is 11.8 Å². The molecule has 8 heteroatoms. The van der Waals surface area contributed by atoms with Gasteiger partial charge in [-0.3, -0.25) is 19.4 Å². The van der Waals surface area contributed by atoms with Gasteiger partial charge in [-0.1, -0.05) is 17.8 Å². The summed E-state index contributed by atoms with van der Waals surface area (Å²) in [5, 5.41) is 3.46. The van der Waals surface area contributed by atoms with E-state index in [1.165, 1.54) is 11.8 Å². The summed E-state index contributed by atoms with van der Waals surface area (Å²) < 4.78 is 7.69. The number of ether oxygens (including phenoxy) is 1. The molecule has 2 aromatic rings. The van der Waals surface area contributed by atoms with Crippen LogP contribution in [0.15, 0.2) is 32.9 Å². The summed E-state index contributed by atoms with van der Waals surface area (Å²) in [6.45, 7) is 6.67. The minimum absolute atomic E-state index is 0.115. The molecule has 1 fully saturated rings. The second-order valence-corrected chi connectivity index (χ2v) is 8.68. The van der Waals surface area contributed by atoms with Crippen molar-refractivity contribution in [3.8, 4) is 0 Å². The first-order chi connectivity index (χ1) is 12.4. The normalized spacial score (nSPS) is 24.8. The molecule has 4 rings (SSSR count). The van der Waals surface area contributed by atoms with Crippen molar-refractivity contribution in [2.75, 3.05) is 6.61 Å². The van der Waals surface area contributed by atoms with E-state index in [2.05, 4.69) is 28.9 Å². The van der Waals surface area contributed by atoms with E-state index < -0.39 is 0 Å². The topological polar surface area (TPSA) is 92.2 Å². The number of rotatable bonds is 2. The fraction of sp³-hybridized carbons (Fsp3) is 0.500. The summed E-state index contributed by atoms with van der Waals surface area (Å²) in [6, 6.07) is 3.67. The van der Waals surface area contributed by atoms with Crippen LogP contribution in [-0.2, 0) is 4.74 Å². The summed E-state index contributed by atoms with van der Waals surface area (Å²) in [4.78, 5) is 32.4. The predicted octanol–water partition coefficient (Wildman–Crippen LogP) is 2.88. The van der Waals surface area contributed by atoms with Gasteiger partial charge in [-0.05, 0) is 39.7 Å². The Morgan fingerprint density at radius 1 is 1.35 bits per heavy atom. The van der Waals surface area contributed by atoms with Crippen LogP contribution in [0.3, 0.4) is 0 Å². The van der Waals surface area contributed by atoms with E-state index in [0.717, 1.165) is 17.9 Å². The van der Waals surface area contributed by atoms with Crippen LogP contribution in [0.25, 0.3) is 0 Å². The van der Waals surface area contributed by atoms with Crippen LogP contribution in [0.1, 0.15) is 56.0 Å². The maximum absolute atomic E-state index is 12.8. The van der Waals surface area contributed by atoms with Crippen molar-refractivity contribution in [1.82, 2.24) is 14.8 Å². The third kappa shape index (κ3) is 2.97. The van der Waals surface area contributed by atoms with Gasteiger partial charge in [0.25, 0.3) is 11.1 Å². The molecule has 2 N–H and O–H groups in total. The lowest BCUT2D eigenvalue weighted by atomic mass is 9.94. The van der Waals surface area contributed by atoms with E-state index in [1.54, 1.807) is 18.3 Å². The molecule has 0 amide bonds. The highest BCUT2D eigenvalue weighted by molar-refractivity contribution is 8.14. The highest BCUT2D eigenvalue weighted by atomic mass is 32.2. The van der Waals surface area contributed by atoms with Crippen LogP contribution < -0.4 is 11.1 Å². The molecule has 0 bridgehead atoms. The molecule has 0 aromatic carbocycles. The second kappa shape index (κ2) is 6.28. The number of aromatic amines is 2. The van der Waals surface area contributed by atoms with E-state index in [4.69, 9.17) is 4.74 Å². The molecule has 138 valence electrons. The molecule has 1 saturated heterocycles. The molecule has 0 unspecified atom stereocenters. The van der Waals surface area contributed by atoms with Crippen molar-refractivity contribution >= 4 is 22.6 Å². The first-order valence-corrected chi connectivity index (χ1v) is 9.61. The highest BCUT2D eigenvalue weighted by Crippen LogP contribution is 2.44. The quantitative estimate of drug-likeness (QED) is 0.845.